The Morgan fingerprint density at radius 1 is 1.05 bits per heavy atom. The first-order valence-corrected chi connectivity index (χ1v) is 8.33. The van der Waals surface area contributed by atoms with E-state index in [4.69, 9.17) is 4.74 Å². The van der Waals surface area contributed by atoms with Gasteiger partial charge in [0.15, 0.2) is 0 Å². The average Bonchev–Trinajstić information content (AvgIpc) is 3.00. The van der Waals surface area contributed by atoms with Crippen molar-refractivity contribution in [1.29, 1.82) is 0 Å². The van der Waals surface area contributed by atoms with Gasteiger partial charge in [-0.15, -0.1) is 0 Å². The summed E-state index contributed by atoms with van der Waals surface area (Å²) in [7, 11) is 0. The molecule has 2 nitrogen and oxygen atoms in total. The summed E-state index contributed by atoms with van der Waals surface area (Å²) in [5, 5.41) is 3.57. The fraction of sp³-hybridized carbons (Fsp3) is 0.667. The quantitative estimate of drug-likeness (QED) is 0.795. The second kappa shape index (κ2) is 7.24. The molecule has 110 valence electrons. The lowest BCUT2D eigenvalue weighted by atomic mass is 9.89. The molecule has 1 fully saturated rings. The standard InChI is InChI=1S/C18H27NO/c1-2-7-15(6-1)14-19-12-13-20-18-11-5-9-16-8-3-4-10-17(16)18/h3-4,8,10,15,18-19H,1-2,5-7,9,11-14H2. The minimum Gasteiger partial charge on any atom is -0.372 e. The Labute approximate surface area is 122 Å². The summed E-state index contributed by atoms with van der Waals surface area (Å²) >= 11 is 0. The van der Waals surface area contributed by atoms with Crippen molar-refractivity contribution in [3.05, 3.63) is 35.4 Å². The van der Waals surface area contributed by atoms with Crippen molar-refractivity contribution < 1.29 is 4.74 Å². The fourth-order valence-electron chi connectivity index (χ4n) is 3.68. The molecule has 0 aromatic heterocycles. The highest BCUT2D eigenvalue weighted by molar-refractivity contribution is 5.31. The van der Waals surface area contributed by atoms with E-state index < -0.39 is 0 Å². The van der Waals surface area contributed by atoms with Crippen LogP contribution in [0.15, 0.2) is 24.3 Å². The molecule has 1 aromatic carbocycles. The van der Waals surface area contributed by atoms with E-state index in [-0.39, 0.29) is 0 Å². The van der Waals surface area contributed by atoms with Gasteiger partial charge >= 0.3 is 0 Å². The van der Waals surface area contributed by atoms with E-state index in [1.165, 1.54) is 62.6 Å². The molecule has 0 radical (unpaired) electrons. The van der Waals surface area contributed by atoms with Crippen molar-refractivity contribution in [3.63, 3.8) is 0 Å². The predicted octanol–water partition coefficient (Wildman–Crippen LogP) is 3.86. The Balaban J connectivity index is 1.38. The minimum absolute atomic E-state index is 0.327. The number of hydrogen-bond donors (Lipinski definition) is 1. The number of hydrogen-bond acceptors (Lipinski definition) is 2. The zero-order valence-corrected chi connectivity index (χ0v) is 12.4. The second-order valence-corrected chi connectivity index (χ2v) is 6.31. The molecule has 2 aliphatic carbocycles. The average molecular weight is 273 g/mol. The molecule has 0 heterocycles. The number of ether oxygens (including phenoxy) is 1. The zero-order chi connectivity index (χ0) is 13.6. The van der Waals surface area contributed by atoms with E-state index in [1.807, 2.05) is 0 Å². The fourth-order valence-corrected chi connectivity index (χ4v) is 3.68. The summed E-state index contributed by atoms with van der Waals surface area (Å²) in [6, 6.07) is 8.78. The van der Waals surface area contributed by atoms with Crippen molar-refractivity contribution in [2.45, 2.75) is 51.0 Å². The first kappa shape index (κ1) is 14.1. The summed E-state index contributed by atoms with van der Waals surface area (Å²) in [6.45, 7) is 3.02. The predicted molar refractivity (Wildman–Crippen MR) is 82.9 cm³/mol. The van der Waals surface area contributed by atoms with Gasteiger partial charge in [0.2, 0.25) is 0 Å². The van der Waals surface area contributed by atoms with Crippen LogP contribution < -0.4 is 5.32 Å². The lowest BCUT2D eigenvalue weighted by Crippen LogP contribution is -2.26. The van der Waals surface area contributed by atoms with Gasteiger partial charge < -0.3 is 10.1 Å². The van der Waals surface area contributed by atoms with Crippen molar-refractivity contribution in [1.82, 2.24) is 5.32 Å². The summed E-state index contributed by atoms with van der Waals surface area (Å²) in [5.41, 5.74) is 2.91. The Hall–Kier alpha value is -0.860. The number of benzene rings is 1. The van der Waals surface area contributed by atoms with Crippen molar-refractivity contribution >= 4 is 0 Å². The van der Waals surface area contributed by atoms with Crippen LogP contribution in [0.3, 0.4) is 0 Å². The van der Waals surface area contributed by atoms with E-state index >= 15 is 0 Å². The zero-order valence-electron chi connectivity index (χ0n) is 12.4. The lowest BCUT2D eigenvalue weighted by Gasteiger charge is -2.25. The summed E-state index contributed by atoms with van der Waals surface area (Å²) in [6.07, 6.45) is 9.69. The molecular weight excluding hydrogens is 246 g/mol. The van der Waals surface area contributed by atoms with E-state index in [2.05, 4.69) is 29.6 Å². The highest BCUT2D eigenvalue weighted by Gasteiger charge is 2.20. The van der Waals surface area contributed by atoms with Gasteiger partial charge in [0, 0.05) is 6.54 Å². The van der Waals surface area contributed by atoms with Crippen LogP contribution in [0.5, 0.6) is 0 Å². The van der Waals surface area contributed by atoms with Gasteiger partial charge in [-0.3, -0.25) is 0 Å². The van der Waals surface area contributed by atoms with Crippen LogP contribution in [0.1, 0.15) is 55.8 Å². The van der Waals surface area contributed by atoms with Gasteiger partial charge in [0.25, 0.3) is 0 Å². The van der Waals surface area contributed by atoms with Crippen LogP contribution in [0.2, 0.25) is 0 Å². The number of rotatable bonds is 6. The summed E-state index contributed by atoms with van der Waals surface area (Å²) < 4.78 is 6.11. The lowest BCUT2D eigenvalue weighted by molar-refractivity contribution is 0.0424. The monoisotopic (exact) mass is 273 g/mol. The highest BCUT2D eigenvalue weighted by Crippen LogP contribution is 2.32. The number of fused-ring (bicyclic) bond motifs is 1. The van der Waals surface area contributed by atoms with Crippen LogP contribution in [0.25, 0.3) is 0 Å². The smallest absolute Gasteiger partial charge is 0.0828 e. The Kier molecular flexibility index (Phi) is 5.10. The first-order chi connectivity index (χ1) is 9.93. The van der Waals surface area contributed by atoms with Gasteiger partial charge in [0.1, 0.15) is 0 Å². The molecule has 0 amide bonds. The van der Waals surface area contributed by atoms with Gasteiger partial charge in [0.05, 0.1) is 12.7 Å². The molecule has 1 aromatic rings. The molecular formula is C18H27NO. The van der Waals surface area contributed by atoms with Crippen LogP contribution >= 0.6 is 0 Å². The third-order valence-electron chi connectivity index (χ3n) is 4.82. The van der Waals surface area contributed by atoms with Gasteiger partial charge in [-0.1, -0.05) is 37.1 Å². The third kappa shape index (κ3) is 3.62. The van der Waals surface area contributed by atoms with Crippen molar-refractivity contribution in [2.75, 3.05) is 19.7 Å². The molecule has 1 atom stereocenters. The summed E-state index contributed by atoms with van der Waals surface area (Å²) in [5.74, 6) is 0.922. The van der Waals surface area contributed by atoms with Gasteiger partial charge in [-0.2, -0.15) is 0 Å². The summed E-state index contributed by atoms with van der Waals surface area (Å²) in [4.78, 5) is 0. The maximum absolute atomic E-state index is 6.11. The maximum atomic E-state index is 6.11. The van der Waals surface area contributed by atoms with E-state index in [1.54, 1.807) is 0 Å². The SMILES string of the molecule is c1ccc2c(c1)CCCC2OCCNCC1CCCC1. The molecule has 1 saturated carbocycles. The Bertz CT molecular complexity index is 412. The van der Waals surface area contributed by atoms with Crippen LogP contribution in [-0.2, 0) is 11.2 Å². The molecule has 0 aliphatic heterocycles. The Morgan fingerprint density at radius 2 is 1.90 bits per heavy atom. The maximum Gasteiger partial charge on any atom is 0.0828 e. The molecule has 0 spiro atoms. The largest absolute Gasteiger partial charge is 0.372 e. The first-order valence-electron chi connectivity index (χ1n) is 8.33. The molecule has 0 bridgehead atoms. The number of aryl methyl sites for hydroxylation is 1. The van der Waals surface area contributed by atoms with Crippen LogP contribution in [0, 0.1) is 5.92 Å². The van der Waals surface area contributed by atoms with Crippen molar-refractivity contribution in [3.8, 4) is 0 Å². The molecule has 0 saturated heterocycles. The molecule has 3 rings (SSSR count). The van der Waals surface area contributed by atoms with E-state index in [9.17, 15) is 0 Å². The van der Waals surface area contributed by atoms with Gasteiger partial charge in [-0.25, -0.2) is 0 Å². The van der Waals surface area contributed by atoms with Crippen molar-refractivity contribution in [2.24, 2.45) is 5.92 Å². The topological polar surface area (TPSA) is 21.3 Å². The minimum atomic E-state index is 0.327. The van der Waals surface area contributed by atoms with Crippen LogP contribution in [-0.4, -0.2) is 19.7 Å². The highest BCUT2D eigenvalue weighted by atomic mass is 16.5. The van der Waals surface area contributed by atoms with E-state index in [0.29, 0.717) is 6.10 Å². The van der Waals surface area contributed by atoms with Crippen LogP contribution in [0.4, 0.5) is 0 Å². The molecule has 2 heteroatoms. The molecule has 20 heavy (non-hydrogen) atoms. The number of nitrogens with one attached hydrogen (secondary N) is 1. The molecule has 2 aliphatic rings. The van der Waals surface area contributed by atoms with Gasteiger partial charge in [-0.05, 0) is 55.7 Å². The van der Waals surface area contributed by atoms with E-state index in [0.717, 1.165) is 19.1 Å². The molecule has 1 N–H and O–H groups in total. The second-order valence-electron chi connectivity index (χ2n) is 6.31. The molecule has 1 unspecified atom stereocenters. The normalized spacial score (nSPS) is 22.9. The third-order valence-corrected chi connectivity index (χ3v) is 4.82. The Morgan fingerprint density at radius 3 is 2.80 bits per heavy atom.